The zero-order chi connectivity index (χ0) is 37.3. The van der Waals surface area contributed by atoms with Gasteiger partial charge in [0.1, 0.15) is 18.1 Å². The van der Waals surface area contributed by atoms with E-state index in [1.54, 1.807) is 0 Å². The predicted octanol–water partition coefficient (Wildman–Crippen LogP) is -1.99. The topological polar surface area (TPSA) is 241 Å². The zero-order valence-electron chi connectivity index (χ0n) is 29.7. The minimum absolute atomic E-state index is 0.103. The lowest BCUT2D eigenvalue weighted by Crippen LogP contribution is -2.54. The number of rotatable bonds is 20. The second-order valence-corrected chi connectivity index (χ2v) is 12.7. The molecular weight excluding hydrogens is 640 g/mol. The van der Waals surface area contributed by atoms with Gasteiger partial charge in [0.2, 0.25) is 47.1 Å². The molecule has 0 aliphatic carbocycles. The zero-order valence-corrected chi connectivity index (χ0v) is 29.7. The Bertz CT molecular complexity index is 1220. The van der Waals surface area contributed by atoms with Crippen LogP contribution in [0.25, 0.3) is 0 Å². The summed E-state index contributed by atoms with van der Waals surface area (Å²) in [7, 11) is 1.28. The molecule has 1 aliphatic heterocycles. The van der Waals surface area contributed by atoms with Gasteiger partial charge in [0, 0.05) is 33.0 Å². The smallest absolute Gasteiger partial charge is 0.287 e. The summed E-state index contributed by atoms with van der Waals surface area (Å²) in [4.78, 5) is 113. The molecule has 1 fully saturated rings. The molecule has 7 N–H and O–H groups in total. The van der Waals surface area contributed by atoms with E-state index in [-0.39, 0.29) is 49.7 Å². The summed E-state index contributed by atoms with van der Waals surface area (Å²) in [5.41, 5.74) is 0. The number of carbonyl (C=O) groups is 9. The standard InChI is InChI=1S/C32H54N8O9/c1-8-19(4)20(5)37-26(43)15-34-29(46)22(11-12-25(42)32(49)33-7)39-27(44)16-35-31(48)24-10-9-13-40(24)28(45)17-36-30(47)23(14-18(2)3)38-21(6)41/h18-20,22-24H,8-17H2,1-7H3,(H,33,49)(H,34,46)(H,35,48)(H,36,47)(H,37,43)(H,38,41)(H,39,44)/t19?,20?,22?,23-,24?/m0/s1. The molecular formula is C32H54N8O9. The number of amides is 8. The fraction of sp³-hybridized carbons (Fsp3) is 0.719. The highest BCUT2D eigenvalue weighted by atomic mass is 16.2. The highest BCUT2D eigenvalue weighted by molar-refractivity contribution is 6.36. The van der Waals surface area contributed by atoms with Crippen molar-refractivity contribution < 1.29 is 43.2 Å². The summed E-state index contributed by atoms with van der Waals surface area (Å²) < 4.78 is 0. The van der Waals surface area contributed by atoms with E-state index in [9.17, 15) is 43.2 Å². The molecule has 276 valence electrons. The average molecular weight is 695 g/mol. The molecule has 17 nitrogen and oxygen atoms in total. The number of hydrogen-bond donors (Lipinski definition) is 7. The van der Waals surface area contributed by atoms with Crippen LogP contribution in [0.1, 0.15) is 80.1 Å². The third-order valence-corrected chi connectivity index (χ3v) is 8.22. The van der Waals surface area contributed by atoms with Gasteiger partial charge in [-0.15, -0.1) is 0 Å². The first-order valence-electron chi connectivity index (χ1n) is 16.7. The van der Waals surface area contributed by atoms with E-state index in [4.69, 9.17) is 0 Å². The van der Waals surface area contributed by atoms with Gasteiger partial charge in [-0.05, 0) is 44.4 Å². The SMILES string of the molecule is CCC(C)C(C)NC(=O)CNC(=O)C(CCC(=O)C(=O)NC)NC(=O)CNC(=O)C1CCCN1C(=O)CNC(=O)[C@H](CC(C)C)NC(C)=O. The molecule has 1 saturated heterocycles. The third-order valence-electron chi connectivity index (χ3n) is 8.22. The molecule has 1 aliphatic rings. The molecule has 0 aromatic carbocycles. The van der Waals surface area contributed by atoms with Crippen molar-refractivity contribution in [2.45, 2.75) is 104 Å². The second-order valence-electron chi connectivity index (χ2n) is 12.7. The van der Waals surface area contributed by atoms with Crippen LogP contribution >= 0.6 is 0 Å². The van der Waals surface area contributed by atoms with E-state index in [0.717, 1.165) is 6.42 Å². The summed E-state index contributed by atoms with van der Waals surface area (Å²) in [5.74, 6) is -5.40. The van der Waals surface area contributed by atoms with Crippen LogP contribution in [0.4, 0.5) is 0 Å². The van der Waals surface area contributed by atoms with Gasteiger partial charge in [-0.2, -0.15) is 0 Å². The van der Waals surface area contributed by atoms with Crippen molar-refractivity contribution in [3.63, 3.8) is 0 Å². The second kappa shape index (κ2) is 21.4. The van der Waals surface area contributed by atoms with Gasteiger partial charge in [-0.25, -0.2) is 0 Å². The Morgan fingerprint density at radius 2 is 1.37 bits per heavy atom. The lowest BCUT2D eigenvalue weighted by molar-refractivity contribution is -0.139. The van der Waals surface area contributed by atoms with Crippen molar-refractivity contribution in [1.29, 1.82) is 0 Å². The van der Waals surface area contributed by atoms with Crippen molar-refractivity contribution in [1.82, 2.24) is 42.1 Å². The number of carbonyl (C=O) groups excluding carboxylic acids is 9. The van der Waals surface area contributed by atoms with Crippen molar-refractivity contribution >= 4 is 53.0 Å². The first kappa shape index (κ1) is 42.5. The van der Waals surface area contributed by atoms with Gasteiger partial charge in [-0.3, -0.25) is 43.2 Å². The number of hydrogen-bond acceptors (Lipinski definition) is 9. The Kier molecular flexibility index (Phi) is 18.5. The van der Waals surface area contributed by atoms with Crippen molar-refractivity contribution in [3.05, 3.63) is 0 Å². The van der Waals surface area contributed by atoms with Crippen LogP contribution in [0.2, 0.25) is 0 Å². The van der Waals surface area contributed by atoms with Gasteiger partial charge >= 0.3 is 0 Å². The molecule has 8 amide bonds. The Morgan fingerprint density at radius 1 is 0.776 bits per heavy atom. The molecule has 4 unspecified atom stereocenters. The van der Waals surface area contributed by atoms with Crippen LogP contribution in [0.15, 0.2) is 0 Å². The monoisotopic (exact) mass is 694 g/mol. The van der Waals surface area contributed by atoms with E-state index >= 15 is 0 Å². The molecule has 0 aromatic heterocycles. The van der Waals surface area contributed by atoms with E-state index in [1.807, 2.05) is 34.6 Å². The molecule has 1 heterocycles. The van der Waals surface area contributed by atoms with E-state index < -0.39 is 78.3 Å². The number of nitrogens with one attached hydrogen (secondary N) is 7. The molecule has 0 saturated carbocycles. The summed E-state index contributed by atoms with van der Waals surface area (Å²) in [5, 5.41) is 17.4. The van der Waals surface area contributed by atoms with Gasteiger partial charge in [0.15, 0.2) is 0 Å². The van der Waals surface area contributed by atoms with Crippen LogP contribution in [-0.2, 0) is 43.2 Å². The van der Waals surface area contributed by atoms with Crippen LogP contribution < -0.4 is 37.2 Å². The molecule has 0 radical (unpaired) electrons. The van der Waals surface area contributed by atoms with Crippen LogP contribution in [0.3, 0.4) is 0 Å². The van der Waals surface area contributed by atoms with Crippen LogP contribution in [-0.4, -0.2) is 115 Å². The Hall–Kier alpha value is -4.57. The molecule has 49 heavy (non-hydrogen) atoms. The Labute approximate surface area is 287 Å². The molecule has 0 bridgehead atoms. The molecule has 1 rings (SSSR count). The van der Waals surface area contributed by atoms with Gasteiger partial charge in [0.25, 0.3) is 5.91 Å². The molecule has 0 spiro atoms. The largest absolute Gasteiger partial charge is 0.353 e. The first-order chi connectivity index (χ1) is 23.0. The summed E-state index contributed by atoms with van der Waals surface area (Å²) in [6.45, 7) is 9.78. The number of likely N-dealkylation sites (tertiary alicyclic amines) is 1. The summed E-state index contributed by atoms with van der Waals surface area (Å²) in [6, 6.07) is -3.16. The third kappa shape index (κ3) is 15.5. The van der Waals surface area contributed by atoms with Crippen molar-refractivity contribution in [2.24, 2.45) is 11.8 Å². The normalized spacial score (nSPS) is 16.3. The maximum atomic E-state index is 13.0. The van der Waals surface area contributed by atoms with Gasteiger partial charge in [0.05, 0.1) is 19.6 Å². The fourth-order valence-corrected chi connectivity index (χ4v) is 5.09. The fourth-order valence-electron chi connectivity index (χ4n) is 5.09. The average Bonchev–Trinajstić information content (AvgIpc) is 3.55. The summed E-state index contributed by atoms with van der Waals surface area (Å²) >= 11 is 0. The lowest BCUT2D eigenvalue weighted by atomic mass is 10.0. The molecule has 0 aromatic rings. The van der Waals surface area contributed by atoms with E-state index in [2.05, 4.69) is 37.2 Å². The minimum Gasteiger partial charge on any atom is -0.353 e. The van der Waals surface area contributed by atoms with Crippen molar-refractivity contribution in [3.8, 4) is 0 Å². The van der Waals surface area contributed by atoms with Gasteiger partial charge < -0.3 is 42.1 Å². The minimum atomic E-state index is -1.30. The quantitative estimate of drug-likeness (QED) is 0.0697. The number of Topliss-reactive ketones (excluding diaryl/α,β-unsaturated/α-hetero) is 1. The van der Waals surface area contributed by atoms with E-state index in [0.29, 0.717) is 19.3 Å². The van der Waals surface area contributed by atoms with Gasteiger partial charge in [-0.1, -0.05) is 34.1 Å². The predicted molar refractivity (Wildman–Crippen MR) is 178 cm³/mol. The number of ketones is 1. The molecule has 5 atom stereocenters. The van der Waals surface area contributed by atoms with Crippen LogP contribution in [0.5, 0.6) is 0 Å². The van der Waals surface area contributed by atoms with E-state index in [1.165, 1.54) is 18.9 Å². The Morgan fingerprint density at radius 3 is 1.96 bits per heavy atom. The first-order valence-corrected chi connectivity index (χ1v) is 16.7. The molecule has 17 heteroatoms. The van der Waals surface area contributed by atoms with Crippen molar-refractivity contribution in [2.75, 3.05) is 33.2 Å². The highest BCUT2D eigenvalue weighted by Crippen LogP contribution is 2.17. The summed E-state index contributed by atoms with van der Waals surface area (Å²) in [6.07, 6.45) is 1.41. The number of nitrogens with zero attached hydrogens (tertiary/aromatic N) is 1. The lowest BCUT2D eigenvalue weighted by Gasteiger charge is -2.25. The maximum Gasteiger partial charge on any atom is 0.287 e. The number of likely N-dealkylation sites (N-methyl/N-ethyl adjacent to an activating group) is 1. The van der Waals surface area contributed by atoms with Crippen LogP contribution in [0, 0.1) is 11.8 Å². The maximum absolute atomic E-state index is 13.0. The highest BCUT2D eigenvalue weighted by Gasteiger charge is 2.35. The Balaban J connectivity index is 2.79.